The van der Waals surface area contributed by atoms with Gasteiger partial charge < -0.3 is 19.3 Å². The molecule has 0 unspecified atom stereocenters. The number of unbranched alkanes of at least 4 members (excludes halogenated alkanes) is 32. The van der Waals surface area contributed by atoms with Crippen molar-refractivity contribution in [3.05, 3.63) is 0 Å². The number of hydrogen-bond donors (Lipinski definition) is 2. The van der Waals surface area contributed by atoms with Crippen molar-refractivity contribution in [2.75, 3.05) is 13.2 Å². The Morgan fingerprint density at radius 2 is 0.764 bits per heavy atom. The van der Waals surface area contributed by atoms with Gasteiger partial charge in [-0.15, -0.1) is 0 Å². The van der Waals surface area contributed by atoms with Gasteiger partial charge in [-0.25, -0.2) is 4.57 Å². The first kappa shape index (κ1) is 54.0. The molecule has 0 rings (SSSR count). The van der Waals surface area contributed by atoms with Gasteiger partial charge in [-0.05, 0) is 18.8 Å². The molecule has 9 heteroatoms. The van der Waals surface area contributed by atoms with E-state index in [1.807, 2.05) is 0 Å². The molecule has 2 N–H and O–H groups in total. The number of esters is 2. The molecule has 0 heterocycles. The average Bonchev–Trinajstić information content (AvgIpc) is 3.14. The van der Waals surface area contributed by atoms with Crippen LogP contribution in [-0.2, 0) is 28.2 Å². The van der Waals surface area contributed by atoms with Crippen LogP contribution in [0.3, 0.4) is 0 Å². The number of carbonyl (C=O) groups is 2. The van der Waals surface area contributed by atoms with E-state index >= 15 is 0 Å². The molecule has 0 spiro atoms. The number of phosphoric acid groups is 1. The average molecular weight is 803 g/mol. The van der Waals surface area contributed by atoms with E-state index in [9.17, 15) is 14.2 Å². The fourth-order valence-corrected chi connectivity index (χ4v) is 7.63. The van der Waals surface area contributed by atoms with E-state index in [0.29, 0.717) is 6.42 Å². The zero-order valence-electron chi connectivity index (χ0n) is 36.5. The summed E-state index contributed by atoms with van der Waals surface area (Å²) in [6.07, 6.45) is 44.0. The summed E-state index contributed by atoms with van der Waals surface area (Å²) >= 11 is 0. The zero-order valence-corrected chi connectivity index (χ0v) is 37.4. The summed E-state index contributed by atoms with van der Waals surface area (Å²) in [4.78, 5) is 43.0. The first-order valence-corrected chi connectivity index (χ1v) is 25.2. The number of carbonyl (C=O) groups excluding carboxylic acids is 2. The first-order valence-electron chi connectivity index (χ1n) is 23.7. The topological polar surface area (TPSA) is 119 Å². The van der Waals surface area contributed by atoms with Gasteiger partial charge in [0.1, 0.15) is 6.61 Å². The lowest BCUT2D eigenvalue weighted by atomic mass is 10.0. The minimum absolute atomic E-state index is 0.220. The van der Waals surface area contributed by atoms with Crippen molar-refractivity contribution >= 4 is 19.8 Å². The third-order valence-electron chi connectivity index (χ3n) is 10.8. The summed E-state index contributed by atoms with van der Waals surface area (Å²) in [7, 11) is -4.75. The third-order valence-corrected chi connectivity index (χ3v) is 11.3. The van der Waals surface area contributed by atoms with E-state index in [1.54, 1.807) is 0 Å². The maximum absolute atomic E-state index is 12.4. The summed E-state index contributed by atoms with van der Waals surface area (Å²) in [6.45, 7) is 6.09. The Labute approximate surface area is 340 Å². The Balaban J connectivity index is 3.78. The highest BCUT2D eigenvalue weighted by Crippen LogP contribution is 2.36. The van der Waals surface area contributed by atoms with Crippen LogP contribution in [0.1, 0.15) is 258 Å². The fourth-order valence-electron chi connectivity index (χ4n) is 7.27. The maximum Gasteiger partial charge on any atom is 0.469 e. The molecular formula is C46H91O8P. The van der Waals surface area contributed by atoms with E-state index in [2.05, 4.69) is 25.3 Å². The zero-order chi connectivity index (χ0) is 40.5. The van der Waals surface area contributed by atoms with Crippen LogP contribution in [0, 0.1) is 5.92 Å². The van der Waals surface area contributed by atoms with E-state index in [-0.39, 0.29) is 19.4 Å². The van der Waals surface area contributed by atoms with Crippen LogP contribution >= 0.6 is 7.82 Å². The smallest absolute Gasteiger partial charge is 0.462 e. The number of rotatable bonds is 44. The van der Waals surface area contributed by atoms with Crippen LogP contribution in [-0.4, -0.2) is 41.0 Å². The van der Waals surface area contributed by atoms with Crippen LogP contribution in [0.25, 0.3) is 0 Å². The lowest BCUT2D eigenvalue weighted by Crippen LogP contribution is -2.29. The SMILES string of the molecule is CCCCCCCCCCCCCCCCCCC(=O)O[C@H](COC(=O)CCCCCCCCCCCCCCCCCCCCC(C)C)COP(=O)(O)O. The van der Waals surface area contributed by atoms with Gasteiger partial charge in [0.25, 0.3) is 0 Å². The minimum atomic E-state index is -4.75. The van der Waals surface area contributed by atoms with Crippen molar-refractivity contribution in [2.45, 2.75) is 264 Å². The molecule has 0 aromatic rings. The molecule has 0 fully saturated rings. The monoisotopic (exact) mass is 803 g/mol. The normalized spacial score (nSPS) is 12.4. The molecule has 328 valence electrons. The molecule has 0 bridgehead atoms. The van der Waals surface area contributed by atoms with Gasteiger partial charge in [-0.2, -0.15) is 0 Å². The van der Waals surface area contributed by atoms with Gasteiger partial charge >= 0.3 is 19.8 Å². The van der Waals surface area contributed by atoms with Crippen molar-refractivity contribution in [3.8, 4) is 0 Å². The largest absolute Gasteiger partial charge is 0.469 e. The van der Waals surface area contributed by atoms with Gasteiger partial charge in [-0.3, -0.25) is 14.1 Å². The maximum atomic E-state index is 12.4. The Bertz CT molecular complexity index is 876. The summed E-state index contributed by atoms with van der Waals surface area (Å²) < 4.78 is 26.5. The molecular weight excluding hydrogens is 711 g/mol. The van der Waals surface area contributed by atoms with Crippen LogP contribution < -0.4 is 0 Å². The second-order valence-electron chi connectivity index (χ2n) is 16.9. The van der Waals surface area contributed by atoms with Crippen molar-refractivity contribution in [2.24, 2.45) is 5.92 Å². The van der Waals surface area contributed by atoms with Gasteiger partial charge in [0.15, 0.2) is 6.10 Å². The van der Waals surface area contributed by atoms with Gasteiger partial charge in [0.2, 0.25) is 0 Å². The van der Waals surface area contributed by atoms with E-state index in [1.165, 1.54) is 186 Å². The minimum Gasteiger partial charge on any atom is -0.462 e. The van der Waals surface area contributed by atoms with Gasteiger partial charge in [-0.1, -0.05) is 233 Å². The van der Waals surface area contributed by atoms with Crippen LogP contribution in [0.2, 0.25) is 0 Å². The van der Waals surface area contributed by atoms with Gasteiger partial charge in [0.05, 0.1) is 6.61 Å². The van der Waals surface area contributed by atoms with E-state index < -0.39 is 32.5 Å². The fraction of sp³-hybridized carbons (Fsp3) is 0.957. The summed E-state index contributed by atoms with van der Waals surface area (Å²) in [5.74, 6) is -0.0136. The highest BCUT2D eigenvalue weighted by atomic mass is 31.2. The lowest BCUT2D eigenvalue weighted by molar-refractivity contribution is -0.161. The van der Waals surface area contributed by atoms with Crippen molar-refractivity contribution in [3.63, 3.8) is 0 Å². The third kappa shape index (κ3) is 45.6. The standard InChI is InChI=1S/C46H91O8P/c1-4-5-6-7-8-9-10-11-12-18-22-25-28-31-34-37-40-46(48)54-44(42-53-55(49,50)51)41-52-45(47)39-36-33-30-27-24-21-19-16-14-13-15-17-20-23-26-29-32-35-38-43(2)3/h43-44H,4-42H2,1-3H3,(H2,49,50,51)/t44-/m1/s1. The Kier molecular flexibility index (Phi) is 40.5. The molecule has 0 radical (unpaired) electrons. The van der Waals surface area contributed by atoms with Crippen LogP contribution in [0.4, 0.5) is 0 Å². The quantitative estimate of drug-likeness (QED) is 0.0355. The molecule has 0 aliphatic rings. The van der Waals surface area contributed by atoms with Crippen LogP contribution in [0.5, 0.6) is 0 Å². The lowest BCUT2D eigenvalue weighted by Gasteiger charge is -2.18. The highest BCUT2D eigenvalue weighted by Gasteiger charge is 2.23. The molecule has 0 aromatic carbocycles. The first-order chi connectivity index (χ1) is 26.6. The Morgan fingerprint density at radius 1 is 0.455 bits per heavy atom. The number of ether oxygens (including phenoxy) is 2. The van der Waals surface area contributed by atoms with Crippen molar-refractivity contribution in [1.82, 2.24) is 0 Å². The number of phosphoric ester groups is 1. The molecule has 0 saturated carbocycles. The predicted molar refractivity (Wildman–Crippen MR) is 230 cm³/mol. The van der Waals surface area contributed by atoms with E-state index in [4.69, 9.17) is 19.3 Å². The van der Waals surface area contributed by atoms with Gasteiger partial charge in [0, 0.05) is 12.8 Å². The molecule has 55 heavy (non-hydrogen) atoms. The predicted octanol–water partition coefficient (Wildman–Crippen LogP) is 14.7. The summed E-state index contributed by atoms with van der Waals surface area (Å²) in [5.41, 5.74) is 0. The molecule has 0 aliphatic carbocycles. The Morgan fingerprint density at radius 3 is 1.09 bits per heavy atom. The molecule has 0 aliphatic heterocycles. The second kappa shape index (κ2) is 41.2. The number of hydrogen-bond acceptors (Lipinski definition) is 6. The molecule has 0 amide bonds. The molecule has 0 saturated heterocycles. The second-order valence-corrected chi connectivity index (χ2v) is 18.2. The van der Waals surface area contributed by atoms with Crippen molar-refractivity contribution < 1.29 is 37.9 Å². The van der Waals surface area contributed by atoms with Crippen LogP contribution in [0.15, 0.2) is 0 Å². The van der Waals surface area contributed by atoms with E-state index in [0.717, 1.165) is 38.0 Å². The summed E-state index contributed by atoms with van der Waals surface area (Å²) in [6, 6.07) is 0. The molecule has 1 atom stereocenters. The molecule has 8 nitrogen and oxygen atoms in total. The summed E-state index contributed by atoms with van der Waals surface area (Å²) in [5, 5.41) is 0. The Hall–Kier alpha value is -0.950. The highest BCUT2D eigenvalue weighted by molar-refractivity contribution is 7.46. The van der Waals surface area contributed by atoms with Crippen molar-refractivity contribution in [1.29, 1.82) is 0 Å². The molecule has 0 aromatic heterocycles.